The van der Waals surface area contributed by atoms with Crippen molar-refractivity contribution in [2.75, 3.05) is 59.4 Å². The van der Waals surface area contributed by atoms with Crippen LogP contribution in [0.15, 0.2) is 18.3 Å². The number of benzene rings is 1. The molecule has 0 atom stereocenters. The van der Waals surface area contributed by atoms with Crippen molar-refractivity contribution < 1.29 is 9.59 Å². The van der Waals surface area contributed by atoms with Crippen molar-refractivity contribution in [3.63, 3.8) is 0 Å². The number of fused-ring (bicyclic) bond motifs is 3. The third-order valence-corrected chi connectivity index (χ3v) is 6.15. The molecule has 4 N–H and O–H groups in total. The van der Waals surface area contributed by atoms with Crippen molar-refractivity contribution in [3.05, 3.63) is 35.0 Å². The van der Waals surface area contributed by atoms with Crippen LogP contribution in [0.3, 0.4) is 0 Å². The second-order valence-corrected chi connectivity index (χ2v) is 8.27. The summed E-state index contributed by atoms with van der Waals surface area (Å²) in [5.74, 6) is -0.00106. The van der Waals surface area contributed by atoms with Crippen molar-refractivity contribution in [3.8, 4) is 0 Å². The summed E-state index contributed by atoms with van der Waals surface area (Å²) < 4.78 is 0. The quantitative estimate of drug-likeness (QED) is 0.568. The lowest BCUT2D eigenvalue weighted by Gasteiger charge is -2.20. The van der Waals surface area contributed by atoms with Crippen LogP contribution >= 0.6 is 0 Å². The molecule has 30 heavy (non-hydrogen) atoms. The number of carbonyl (C=O) groups is 2. The van der Waals surface area contributed by atoms with E-state index in [0.717, 1.165) is 73.2 Å². The molecule has 1 fully saturated rings. The van der Waals surface area contributed by atoms with E-state index in [1.165, 1.54) is 6.42 Å². The Morgan fingerprint density at radius 2 is 2.00 bits per heavy atom. The van der Waals surface area contributed by atoms with Gasteiger partial charge in [0.25, 0.3) is 5.91 Å². The summed E-state index contributed by atoms with van der Waals surface area (Å²) in [6.07, 6.45) is 4.74. The van der Waals surface area contributed by atoms with Gasteiger partial charge >= 0.3 is 6.03 Å². The Hall–Kier alpha value is -2.58. The molecule has 1 aromatic heterocycles. The molecule has 162 valence electrons. The molecular formula is C22H32N6O2. The van der Waals surface area contributed by atoms with E-state index >= 15 is 0 Å². The summed E-state index contributed by atoms with van der Waals surface area (Å²) in [6, 6.07) is 3.73. The van der Waals surface area contributed by atoms with Crippen LogP contribution in [-0.2, 0) is 12.8 Å². The van der Waals surface area contributed by atoms with Gasteiger partial charge in [0.1, 0.15) is 0 Å². The molecule has 0 aliphatic carbocycles. The molecule has 0 saturated carbocycles. The molecule has 8 heteroatoms. The van der Waals surface area contributed by atoms with E-state index in [1.807, 2.05) is 18.3 Å². The van der Waals surface area contributed by atoms with E-state index in [9.17, 15) is 9.59 Å². The molecule has 2 aliphatic heterocycles. The standard InChI is InChI=1S/C22H32N6O2/c1-27-10-2-11-28(14-13-27)12-9-25-22(30)24-7-5-16-15-26-19-4-3-18-17(20(16)19)6-8-23-21(18)29/h3-4,15,26H,2,5-14H2,1H3,(H,23,29)(H2,24,25,30). The highest BCUT2D eigenvalue weighted by atomic mass is 16.2. The predicted octanol–water partition coefficient (Wildman–Crippen LogP) is 0.933. The maximum absolute atomic E-state index is 12.2. The van der Waals surface area contributed by atoms with Gasteiger partial charge in [-0.2, -0.15) is 0 Å². The molecule has 3 amide bonds. The summed E-state index contributed by atoms with van der Waals surface area (Å²) in [4.78, 5) is 32.4. The molecule has 0 spiro atoms. The monoisotopic (exact) mass is 412 g/mol. The van der Waals surface area contributed by atoms with E-state index in [-0.39, 0.29) is 11.9 Å². The van der Waals surface area contributed by atoms with Gasteiger partial charge in [-0.15, -0.1) is 0 Å². The van der Waals surface area contributed by atoms with Crippen molar-refractivity contribution in [2.24, 2.45) is 0 Å². The molecule has 3 heterocycles. The fourth-order valence-electron chi connectivity index (χ4n) is 4.46. The highest BCUT2D eigenvalue weighted by molar-refractivity contribution is 6.02. The maximum atomic E-state index is 12.2. The molecular weight excluding hydrogens is 380 g/mol. The number of amides is 3. The van der Waals surface area contributed by atoms with Crippen LogP contribution in [0.2, 0.25) is 0 Å². The third-order valence-electron chi connectivity index (χ3n) is 6.15. The fourth-order valence-corrected chi connectivity index (χ4v) is 4.46. The largest absolute Gasteiger partial charge is 0.361 e. The minimum absolute atomic E-state index is 0.00106. The highest BCUT2D eigenvalue weighted by Gasteiger charge is 2.21. The van der Waals surface area contributed by atoms with Gasteiger partial charge in [0.2, 0.25) is 0 Å². The van der Waals surface area contributed by atoms with Crippen LogP contribution in [0.25, 0.3) is 10.9 Å². The Kier molecular flexibility index (Phi) is 6.54. The van der Waals surface area contributed by atoms with Gasteiger partial charge in [0.05, 0.1) is 0 Å². The van der Waals surface area contributed by atoms with Gasteiger partial charge in [-0.25, -0.2) is 4.79 Å². The molecule has 8 nitrogen and oxygen atoms in total. The van der Waals surface area contributed by atoms with Crippen molar-refractivity contribution in [1.29, 1.82) is 0 Å². The van der Waals surface area contributed by atoms with E-state index in [0.29, 0.717) is 19.6 Å². The minimum atomic E-state index is -0.122. The maximum Gasteiger partial charge on any atom is 0.314 e. The van der Waals surface area contributed by atoms with Crippen molar-refractivity contribution >= 4 is 22.8 Å². The van der Waals surface area contributed by atoms with Gasteiger partial charge in [-0.1, -0.05) is 0 Å². The van der Waals surface area contributed by atoms with Gasteiger partial charge in [0, 0.05) is 61.9 Å². The van der Waals surface area contributed by atoms with Gasteiger partial charge in [0.15, 0.2) is 0 Å². The number of hydrogen-bond acceptors (Lipinski definition) is 4. The minimum Gasteiger partial charge on any atom is -0.361 e. The van der Waals surface area contributed by atoms with Crippen LogP contribution < -0.4 is 16.0 Å². The lowest BCUT2D eigenvalue weighted by molar-refractivity contribution is 0.0946. The third kappa shape index (κ3) is 4.76. The van der Waals surface area contributed by atoms with Crippen LogP contribution in [-0.4, -0.2) is 86.1 Å². The molecule has 2 aromatic rings. The number of aromatic amines is 1. The summed E-state index contributed by atoms with van der Waals surface area (Å²) in [5, 5.41) is 9.97. The number of nitrogens with one attached hydrogen (secondary N) is 4. The van der Waals surface area contributed by atoms with Crippen LogP contribution in [0.4, 0.5) is 4.79 Å². The van der Waals surface area contributed by atoms with Gasteiger partial charge in [-0.05, 0) is 62.7 Å². The predicted molar refractivity (Wildman–Crippen MR) is 118 cm³/mol. The Bertz CT molecular complexity index is 908. The molecule has 0 unspecified atom stereocenters. The number of aromatic nitrogens is 1. The smallest absolute Gasteiger partial charge is 0.314 e. The SMILES string of the molecule is CN1CCCN(CCNC(=O)NCCc2c[nH]c3ccc4c(c23)CCNC4=O)CC1. The average molecular weight is 413 g/mol. The lowest BCUT2D eigenvalue weighted by atomic mass is 9.94. The molecule has 2 aliphatic rings. The first-order valence-corrected chi connectivity index (χ1v) is 10.9. The zero-order valence-electron chi connectivity index (χ0n) is 17.7. The summed E-state index contributed by atoms with van der Waals surface area (Å²) in [5.41, 5.74) is 4.07. The number of rotatable bonds is 6. The van der Waals surface area contributed by atoms with Crippen LogP contribution in [0.5, 0.6) is 0 Å². The Morgan fingerprint density at radius 3 is 2.90 bits per heavy atom. The van der Waals surface area contributed by atoms with E-state index < -0.39 is 0 Å². The van der Waals surface area contributed by atoms with Gasteiger partial charge in [-0.3, -0.25) is 4.79 Å². The number of hydrogen-bond donors (Lipinski definition) is 4. The zero-order chi connectivity index (χ0) is 20.9. The molecule has 1 saturated heterocycles. The number of urea groups is 1. The normalized spacial score (nSPS) is 18.0. The topological polar surface area (TPSA) is 92.5 Å². The molecule has 4 rings (SSSR count). The van der Waals surface area contributed by atoms with Crippen LogP contribution in [0.1, 0.15) is 27.9 Å². The number of nitrogens with zero attached hydrogens (tertiary/aromatic N) is 2. The van der Waals surface area contributed by atoms with Crippen molar-refractivity contribution in [2.45, 2.75) is 19.3 Å². The molecule has 0 bridgehead atoms. The highest BCUT2D eigenvalue weighted by Crippen LogP contribution is 2.28. The summed E-state index contributed by atoms with van der Waals surface area (Å²) >= 11 is 0. The molecule has 1 aromatic carbocycles. The Balaban J connectivity index is 1.25. The second kappa shape index (κ2) is 9.49. The summed E-state index contributed by atoms with van der Waals surface area (Å²) in [6.45, 7) is 7.16. The zero-order valence-corrected chi connectivity index (χ0v) is 17.7. The molecule has 0 radical (unpaired) electrons. The average Bonchev–Trinajstić information content (AvgIpc) is 3.04. The first-order chi connectivity index (χ1) is 14.6. The second-order valence-electron chi connectivity index (χ2n) is 8.27. The number of carbonyl (C=O) groups excluding carboxylic acids is 2. The fraction of sp³-hybridized carbons (Fsp3) is 0.545. The summed E-state index contributed by atoms with van der Waals surface area (Å²) in [7, 11) is 2.16. The van der Waals surface area contributed by atoms with Gasteiger partial charge < -0.3 is 30.7 Å². The number of H-pyrrole nitrogens is 1. The number of likely N-dealkylation sites (N-methyl/N-ethyl adjacent to an activating group) is 1. The van der Waals surface area contributed by atoms with E-state index in [2.05, 4.69) is 37.8 Å². The Labute approximate surface area is 177 Å². The van der Waals surface area contributed by atoms with Crippen molar-refractivity contribution in [1.82, 2.24) is 30.7 Å². The van der Waals surface area contributed by atoms with E-state index in [4.69, 9.17) is 0 Å². The van der Waals surface area contributed by atoms with Crippen LogP contribution in [0, 0.1) is 0 Å². The Morgan fingerprint density at radius 1 is 1.13 bits per heavy atom. The first-order valence-electron chi connectivity index (χ1n) is 10.9. The van der Waals surface area contributed by atoms with E-state index in [1.54, 1.807) is 0 Å². The first kappa shape index (κ1) is 20.7. The lowest BCUT2D eigenvalue weighted by Crippen LogP contribution is -2.41.